The van der Waals surface area contributed by atoms with E-state index < -0.39 is 10.0 Å². The van der Waals surface area contributed by atoms with Crippen LogP contribution in [0.1, 0.15) is 13.8 Å². The van der Waals surface area contributed by atoms with Crippen molar-refractivity contribution in [2.24, 2.45) is 5.84 Å². The summed E-state index contributed by atoms with van der Waals surface area (Å²) in [5.41, 5.74) is 2.61. The third kappa shape index (κ3) is 2.31. The van der Waals surface area contributed by atoms with Crippen LogP contribution in [0.5, 0.6) is 0 Å². The fraction of sp³-hybridized carbons (Fsp3) is 0.444. The normalized spacial score (nSPS) is 12.1. The Labute approximate surface area is 95.5 Å². The predicted molar refractivity (Wildman–Crippen MR) is 62.1 cm³/mol. The van der Waals surface area contributed by atoms with Crippen LogP contribution in [-0.2, 0) is 10.0 Å². The number of nitrogens with zero attached hydrogens (tertiary/aromatic N) is 2. The molecule has 7 heteroatoms. The zero-order valence-electron chi connectivity index (χ0n) is 9.51. The van der Waals surface area contributed by atoms with Crippen LogP contribution in [0.25, 0.3) is 0 Å². The number of hydrogen-bond donors (Lipinski definition) is 2. The van der Waals surface area contributed by atoms with Crippen molar-refractivity contribution >= 4 is 15.7 Å². The summed E-state index contributed by atoms with van der Waals surface area (Å²) >= 11 is 0. The van der Waals surface area contributed by atoms with Crippen LogP contribution in [0.15, 0.2) is 23.4 Å². The first-order valence-electron chi connectivity index (χ1n) is 4.81. The van der Waals surface area contributed by atoms with Crippen molar-refractivity contribution in [2.75, 3.05) is 12.5 Å². The standard InChI is InChI=1S/C9H16N4O2S/c1-7(2)13(3)16(14,15)9-8(12-10)5-4-6-11-9/h4-7,12H,10H2,1-3H3. The number of nitrogens with one attached hydrogen (secondary N) is 1. The number of rotatable bonds is 4. The summed E-state index contributed by atoms with van der Waals surface area (Å²) in [5.74, 6) is 5.25. The second-order valence-electron chi connectivity index (χ2n) is 3.62. The highest BCUT2D eigenvalue weighted by atomic mass is 32.2. The summed E-state index contributed by atoms with van der Waals surface area (Å²) in [7, 11) is -2.09. The number of sulfonamides is 1. The summed E-state index contributed by atoms with van der Waals surface area (Å²) in [5, 5.41) is -0.0614. The van der Waals surface area contributed by atoms with Gasteiger partial charge >= 0.3 is 0 Å². The Morgan fingerprint density at radius 3 is 2.62 bits per heavy atom. The number of nitrogen functional groups attached to an aromatic ring is 1. The minimum Gasteiger partial charge on any atom is -0.321 e. The van der Waals surface area contributed by atoms with Crippen LogP contribution in [0.3, 0.4) is 0 Å². The van der Waals surface area contributed by atoms with Gasteiger partial charge in [0, 0.05) is 19.3 Å². The van der Waals surface area contributed by atoms with Crippen LogP contribution in [0.2, 0.25) is 0 Å². The van der Waals surface area contributed by atoms with Gasteiger partial charge in [-0.3, -0.25) is 5.84 Å². The highest BCUT2D eigenvalue weighted by molar-refractivity contribution is 7.89. The molecule has 0 saturated carbocycles. The highest BCUT2D eigenvalue weighted by Crippen LogP contribution is 2.21. The summed E-state index contributed by atoms with van der Waals surface area (Å²) in [6.07, 6.45) is 1.42. The average molecular weight is 244 g/mol. The molecule has 0 saturated heterocycles. The lowest BCUT2D eigenvalue weighted by Gasteiger charge is -2.21. The monoisotopic (exact) mass is 244 g/mol. The van der Waals surface area contributed by atoms with Gasteiger partial charge in [-0.05, 0) is 26.0 Å². The summed E-state index contributed by atoms with van der Waals surface area (Å²) in [6.45, 7) is 3.58. The topological polar surface area (TPSA) is 88.3 Å². The summed E-state index contributed by atoms with van der Waals surface area (Å²) < 4.78 is 25.5. The molecule has 1 rings (SSSR count). The van der Waals surface area contributed by atoms with Gasteiger partial charge in [0.05, 0.1) is 5.69 Å². The molecule has 3 N–H and O–H groups in total. The second kappa shape index (κ2) is 4.77. The lowest BCUT2D eigenvalue weighted by Crippen LogP contribution is -2.34. The van der Waals surface area contributed by atoms with Gasteiger partial charge in [-0.1, -0.05) is 0 Å². The van der Waals surface area contributed by atoms with Crippen LogP contribution in [-0.4, -0.2) is 30.8 Å². The van der Waals surface area contributed by atoms with Gasteiger partial charge in [-0.25, -0.2) is 13.4 Å². The third-order valence-corrected chi connectivity index (χ3v) is 4.27. The fourth-order valence-corrected chi connectivity index (χ4v) is 2.55. The molecule has 1 heterocycles. The molecule has 0 radical (unpaired) electrons. The average Bonchev–Trinajstić information content (AvgIpc) is 2.27. The molecule has 0 unspecified atom stereocenters. The first-order valence-corrected chi connectivity index (χ1v) is 6.25. The van der Waals surface area contributed by atoms with Crippen LogP contribution in [0, 0.1) is 0 Å². The second-order valence-corrected chi connectivity index (χ2v) is 5.53. The lowest BCUT2D eigenvalue weighted by atomic mass is 10.4. The van der Waals surface area contributed by atoms with E-state index in [2.05, 4.69) is 10.4 Å². The number of nitrogens with two attached hydrogens (primary N) is 1. The number of anilines is 1. The molecule has 6 nitrogen and oxygen atoms in total. The minimum absolute atomic E-state index is 0.0614. The third-order valence-electron chi connectivity index (χ3n) is 2.28. The molecule has 0 spiro atoms. The van der Waals surface area contributed by atoms with Gasteiger partial charge in [-0.2, -0.15) is 4.31 Å². The summed E-state index contributed by atoms with van der Waals surface area (Å²) in [4.78, 5) is 3.85. The van der Waals surface area contributed by atoms with Gasteiger partial charge < -0.3 is 5.43 Å². The lowest BCUT2D eigenvalue weighted by molar-refractivity contribution is 0.409. The zero-order valence-corrected chi connectivity index (χ0v) is 10.3. The van der Waals surface area contributed by atoms with E-state index in [1.165, 1.54) is 17.5 Å². The maximum Gasteiger partial charge on any atom is 0.262 e. The molecular weight excluding hydrogens is 228 g/mol. The highest BCUT2D eigenvalue weighted by Gasteiger charge is 2.26. The van der Waals surface area contributed by atoms with E-state index in [9.17, 15) is 8.42 Å². The first kappa shape index (κ1) is 12.9. The van der Waals surface area contributed by atoms with Gasteiger partial charge in [0.1, 0.15) is 0 Å². The molecule has 90 valence electrons. The molecule has 0 fully saturated rings. The van der Waals surface area contributed by atoms with E-state index in [0.29, 0.717) is 0 Å². The van der Waals surface area contributed by atoms with Crippen molar-refractivity contribution < 1.29 is 8.42 Å². The van der Waals surface area contributed by atoms with Gasteiger partial charge in [0.2, 0.25) is 0 Å². The van der Waals surface area contributed by atoms with Crippen LogP contribution in [0.4, 0.5) is 5.69 Å². The quantitative estimate of drug-likeness (QED) is 0.591. The molecule has 0 aliphatic heterocycles. The number of aromatic nitrogens is 1. The maximum atomic E-state index is 12.1. The number of hydrogen-bond acceptors (Lipinski definition) is 5. The molecule has 0 bridgehead atoms. The Morgan fingerprint density at radius 2 is 2.12 bits per heavy atom. The van der Waals surface area contributed by atoms with Gasteiger partial charge in [0.15, 0.2) is 5.03 Å². The van der Waals surface area contributed by atoms with Crippen molar-refractivity contribution in [1.82, 2.24) is 9.29 Å². The van der Waals surface area contributed by atoms with E-state index in [4.69, 9.17) is 5.84 Å². The maximum absolute atomic E-state index is 12.1. The van der Waals surface area contributed by atoms with E-state index >= 15 is 0 Å². The van der Waals surface area contributed by atoms with Crippen molar-refractivity contribution in [3.63, 3.8) is 0 Å². The Bertz CT molecular complexity index is 458. The largest absolute Gasteiger partial charge is 0.321 e. The molecule has 0 aliphatic carbocycles. The van der Waals surface area contributed by atoms with E-state index in [1.807, 2.05) is 0 Å². The molecule has 0 amide bonds. The molecule has 0 aromatic carbocycles. The molecule has 0 atom stereocenters. The summed E-state index contributed by atoms with van der Waals surface area (Å²) in [6, 6.07) is 3.04. The predicted octanol–water partition coefficient (Wildman–Crippen LogP) is 0.396. The Morgan fingerprint density at radius 1 is 1.50 bits per heavy atom. The fourth-order valence-electron chi connectivity index (χ4n) is 1.12. The molecule has 1 aromatic heterocycles. The van der Waals surface area contributed by atoms with Crippen LogP contribution >= 0.6 is 0 Å². The van der Waals surface area contributed by atoms with Gasteiger partial charge in [0.25, 0.3) is 10.0 Å². The van der Waals surface area contributed by atoms with Gasteiger partial charge in [-0.15, -0.1) is 0 Å². The van der Waals surface area contributed by atoms with Crippen molar-refractivity contribution in [3.8, 4) is 0 Å². The van der Waals surface area contributed by atoms with E-state index in [0.717, 1.165) is 0 Å². The van der Waals surface area contributed by atoms with Crippen molar-refractivity contribution in [3.05, 3.63) is 18.3 Å². The number of pyridine rings is 1. The SMILES string of the molecule is CC(C)N(C)S(=O)(=O)c1ncccc1NN. The molecule has 16 heavy (non-hydrogen) atoms. The van der Waals surface area contributed by atoms with Crippen molar-refractivity contribution in [1.29, 1.82) is 0 Å². The molecular formula is C9H16N4O2S. The van der Waals surface area contributed by atoms with Crippen LogP contribution < -0.4 is 11.3 Å². The van der Waals surface area contributed by atoms with Crippen molar-refractivity contribution in [2.45, 2.75) is 24.9 Å². The Hall–Kier alpha value is -1.18. The number of hydrazine groups is 1. The molecule has 1 aromatic rings. The minimum atomic E-state index is -3.60. The first-order chi connectivity index (χ1) is 7.41. The van der Waals surface area contributed by atoms with E-state index in [-0.39, 0.29) is 16.8 Å². The Balaban J connectivity index is 3.27. The Kier molecular flexibility index (Phi) is 3.84. The molecule has 0 aliphatic rings. The van der Waals surface area contributed by atoms with E-state index in [1.54, 1.807) is 26.0 Å². The smallest absolute Gasteiger partial charge is 0.262 e. The zero-order chi connectivity index (χ0) is 12.3.